The average molecular weight is 431 g/mol. The summed E-state index contributed by atoms with van der Waals surface area (Å²) in [6.07, 6.45) is -0.942. The summed E-state index contributed by atoms with van der Waals surface area (Å²) in [5.41, 5.74) is 2.00. The highest BCUT2D eigenvalue weighted by Crippen LogP contribution is 2.26. The van der Waals surface area contributed by atoms with Crippen molar-refractivity contribution < 1.29 is 14.6 Å². The molecule has 0 aliphatic carbocycles. The number of fused-ring (bicyclic) bond motifs is 1. The van der Waals surface area contributed by atoms with Crippen LogP contribution in [-0.4, -0.2) is 22.4 Å². The lowest BCUT2D eigenvalue weighted by molar-refractivity contribution is -0.566. The van der Waals surface area contributed by atoms with Crippen LogP contribution in [0.5, 0.6) is 5.75 Å². The zero-order valence-corrected chi connectivity index (χ0v) is 18.1. The van der Waals surface area contributed by atoms with Crippen molar-refractivity contribution in [3.8, 4) is 17.0 Å². The molecular weight excluding hydrogens is 404 g/mol. The quantitative estimate of drug-likeness (QED) is 0.357. The lowest BCUT2D eigenvalue weighted by Gasteiger charge is -2.19. The summed E-state index contributed by atoms with van der Waals surface area (Å²) < 4.78 is 8.02. The van der Waals surface area contributed by atoms with E-state index in [4.69, 9.17) is 4.74 Å². The number of hydrogen-bond donors (Lipinski definition) is 1. The number of benzene rings is 3. The van der Waals surface area contributed by atoms with Crippen LogP contribution in [0.3, 0.4) is 0 Å². The minimum atomic E-state index is -0.942. The van der Waals surface area contributed by atoms with Crippen LogP contribution in [0.1, 0.15) is 25.3 Å². The van der Waals surface area contributed by atoms with Gasteiger partial charge in [0.25, 0.3) is 5.69 Å². The predicted molar refractivity (Wildman–Crippen MR) is 125 cm³/mol. The fraction of sp³-hybridized carbons (Fsp3) is 0.231. The summed E-state index contributed by atoms with van der Waals surface area (Å²) >= 11 is 0. The first-order chi connectivity index (χ1) is 15.5. The van der Waals surface area contributed by atoms with Crippen molar-refractivity contribution in [3.63, 3.8) is 0 Å². The van der Waals surface area contributed by atoms with Gasteiger partial charge in [0.05, 0.1) is 12.1 Å². The highest BCUT2D eigenvalue weighted by molar-refractivity contribution is 5.73. The van der Waals surface area contributed by atoms with Gasteiger partial charge in [-0.05, 0) is 35.7 Å². The average Bonchev–Trinajstić information content (AvgIpc) is 2.81. The van der Waals surface area contributed by atoms with E-state index in [2.05, 4.69) is 13.8 Å². The third-order valence-corrected chi connectivity index (χ3v) is 5.45. The summed E-state index contributed by atoms with van der Waals surface area (Å²) in [5, 5.41) is 23.8. The molecule has 0 aliphatic rings. The van der Waals surface area contributed by atoms with Gasteiger partial charge < -0.3 is 15.1 Å². The first-order valence-electron chi connectivity index (χ1n) is 10.7. The highest BCUT2D eigenvalue weighted by Gasteiger charge is 2.23. The van der Waals surface area contributed by atoms with Crippen molar-refractivity contribution in [1.29, 1.82) is 0 Å². The van der Waals surface area contributed by atoms with Gasteiger partial charge in [-0.25, -0.2) is 0 Å². The summed E-state index contributed by atoms with van der Waals surface area (Å²) in [4.78, 5) is 13.3. The van der Waals surface area contributed by atoms with E-state index < -0.39 is 11.7 Å². The first kappa shape index (κ1) is 21.6. The lowest BCUT2D eigenvalue weighted by Crippen LogP contribution is -2.42. The number of nitrogens with zero attached hydrogens (tertiary/aromatic N) is 2. The van der Waals surface area contributed by atoms with Gasteiger partial charge in [-0.3, -0.25) is 9.36 Å². The van der Waals surface area contributed by atoms with E-state index in [1.54, 1.807) is 48.5 Å². The monoisotopic (exact) mass is 430 g/mol. The second-order valence-corrected chi connectivity index (χ2v) is 8.07. The van der Waals surface area contributed by atoms with Gasteiger partial charge in [0, 0.05) is 6.07 Å². The molecule has 1 N–H and O–H groups in total. The van der Waals surface area contributed by atoms with E-state index in [-0.39, 0.29) is 24.8 Å². The Morgan fingerprint density at radius 1 is 0.969 bits per heavy atom. The molecule has 0 radical (unpaired) electrons. The van der Waals surface area contributed by atoms with Crippen LogP contribution in [0.15, 0.2) is 83.7 Å². The standard InChI is InChI=1S/C26H26N2O4/c1-18(2)21-12-6-9-15-24(21)32-17-20(29)16-27-22-13-7-8-14-23(22)28(31)25(26(27)30)19-10-4-3-5-11-19/h3-15,18,20,29H,16-17H2,1-2H3. The fourth-order valence-electron chi connectivity index (χ4n) is 3.87. The smallest absolute Gasteiger partial charge is 0.325 e. The van der Waals surface area contributed by atoms with Gasteiger partial charge in [0.1, 0.15) is 24.0 Å². The molecule has 1 atom stereocenters. The Kier molecular flexibility index (Phi) is 6.23. The molecule has 1 aromatic heterocycles. The normalized spacial score (nSPS) is 12.2. The van der Waals surface area contributed by atoms with Crippen molar-refractivity contribution in [3.05, 3.63) is 100.0 Å². The van der Waals surface area contributed by atoms with E-state index in [1.165, 1.54) is 4.57 Å². The molecule has 3 aromatic carbocycles. The van der Waals surface area contributed by atoms with Crippen LogP contribution in [-0.2, 0) is 6.54 Å². The first-order valence-corrected chi connectivity index (χ1v) is 10.7. The molecule has 164 valence electrons. The van der Waals surface area contributed by atoms with Gasteiger partial charge in [-0.1, -0.05) is 62.4 Å². The van der Waals surface area contributed by atoms with Gasteiger partial charge in [-0.15, -0.1) is 0 Å². The second kappa shape index (κ2) is 9.24. The molecule has 1 unspecified atom stereocenters. The van der Waals surface area contributed by atoms with Gasteiger partial charge in [0.15, 0.2) is 0 Å². The van der Waals surface area contributed by atoms with Crippen LogP contribution in [0.25, 0.3) is 22.3 Å². The molecule has 6 heteroatoms. The molecule has 4 rings (SSSR count). The van der Waals surface area contributed by atoms with Gasteiger partial charge >= 0.3 is 5.56 Å². The molecule has 0 amide bonds. The van der Waals surface area contributed by atoms with Crippen molar-refractivity contribution in [1.82, 2.24) is 4.57 Å². The van der Waals surface area contributed by atoms with Crippen molar-refractivity contribution in [2.75, 3.05) is 6.61 Å². The second-order valence-electron chi connectivity index (χ2n) is 8.07. The molecular formula is C26H26N2O4. The number of rotatable bonds is 7. The van der Waals surface area contributed by atoms with Crippen LogP contribution in [0.2, 0.25) is 0 Å². The maximum absolute atomic E-state index is 13.3. The van der Waals surface area contributed by atoms with Crippen molar-refractivity contribution in [2.45, 2.75) is 32.4 Å². The van der Waals surface area contributed by atoms with E-state index in [0.717, 1.165) is 5.56 Å². The third kappa shape index (κ3) is 4.22. The van der Waals surface area contributed by atoms with E-state index in [0.29, 0.717) is 27.1 Å². The number of aliphatic hydroxyl groups excluding tert-OH is 1. The Bertz CT molecular complexity index is 1280. The Labute approximate surface area is 186 Å². The Morgan fingerprint density at radius 3 is 2.38 bits per heavy atom. The van der Waals surface area contributed by atoms with Crippen LogP contribution >= 0.6 is 0 Å². The number of aliphatic hydroxyl groups is 1. The Hall–Kier alpha value is -3.64. The fourth-order valence-corrected chi connectivity index (χ4v) is 3.87. The lowest BCUT2D eigenvalue weighted by atomic mass is 10.0. The number of aromatic nitrogens is 2. The zero-order valence-electron chi connectivity index (χ0n) is 18.1. The molecule has 0 saturated carbocycles. The molecule has 32 heavy (non-hydrogen) atoms. The molecule has 0 saturated heterocycles. The van der Waals surface area contributed by atoms with E-state index >= 15 is 0 Å². The minimum Gasteiger partial charge on any atom is -0.618 e. The summed E-state index contributed by atoms with van der Waals surface area (Å²) in [6.45, 7) is 4.19. The molecule has 0 bridgehead atoms. The van der Waals surface area contributed by atoms with Crippen molar-refractivity contribution >= 4 is 11.0 Å². The van der Waals surface area contributed by atoms with Crippen LogP contribution in [0, 0.1) is 5.21 Å². The number of para-hydroxylation sites is 3. The molecule has 6 nitrogen and oxygen atoms in total. The third-order valence-electron chi connectivity index (χ3n) is 5.45. The Balaban J connectivity index is 1.68. The van der Waals surface area contributed by atoms with Crippen LogP contribution < -0.4 is 15.0 Å². The number of hydrogen-bond acceptors (Lipinski definition) is 4. The minimum absolute atomic E-state index is 0.00384. The van der Waals surface area contributed by atoms with Gasteiger partial charge in [0.2, 0.25) is 5.52 Å². The Morgan fingerprint density at radius 2 is 1.62 bits per heavy atom. The zero-order chi connectivity index (χ0) is 22.7. The molecule has 0 fully saturated rings. The largest absolute Gasteiger partial charge is 0.618 e. The summed E-state index contributed by atoms with van der Waals surface area (Å²) in [5.74, 6) is 0.999. The predicted octanol–water partition coefficient (Wildman–Crippen LogP) is 3.87. The molecule has 4 aromatic rings. The maximum Gasteiger partial charge on any atom is 0.325 e. The summed E-state index contributed by atoms with van der Waals surface area (Å²) in [7, 11) is 0. The number of ether oxygens (including phenoxy) is 1. The van der Waals surface area contributed by atoms with Crippen LogP contribution in [0.4, 0.5) is 0 Å². The van der Waals surface area contributed by atoms with E-state index in [1.807, 2.05) is 30.3 Å². The van der Waals surface area contributed by atoms with Gasteiger partial charge in [-0.2, -0.15) is 4.73 Å². The molecule has 0 aliphatic heterocycles. The van der Waals surface area contributed by atoms with E-state index in [9.17, 15) is 15.1 Å². The highest BCUT2D eigenvalue weighted by atomic mass is 16.5. The van der Waals surface area contributed by atoms with Crippen molar-refractivity contribution in [2.24, 2.45) is 0 Å². The molecule has 0 spiro atoms. The SMILES string of the molecule is CC(C)c1ccccc1OCC(O)Cn1c(=O)c(-c2ccccc2)[n+]([O-])c2ccccc21. The summed E-state index contributed by atoms with van der Waals surface area (Å²) in [6, 6.07) is 23.5. The topological polar surface area (TPSA) is 78.4 Å². The molecule has 1 heterocycles. The maximum atomic E-state index is 13.3.